The summed E-state index contributed by atoms with van der Waals surface area (Å²) in [7, 11) is 0. The van der Waals surface area contributed by atoms with Gasteiger partial charge in [0.1, 0.15) is 0 Å². The van der Waals surface area contributed by atoms with E-state index in [9.17, 15) is 4.79 Å². The van der Waals surface area contributed by atoms with Gasteiger partial charge in [-0.2, -0.15) is 0 Å². The molecule has 0 aliphatic rings. The van der Waals surface area contributed by atoms with Crippen molar-refractivity contribution in [3.05, 3.63) is 66.2 Å². The second-order valence-corrected chi connectivity index (χ2v) is 7.43. The minimum Gasteiger partial charge on any atom is -0.289 e. The van der Waals surface area contributed by atoms with E-state index in [0.29, 0.717) is 0 Å². The molecule has 2 aromatic rings. The number of benzene rings is 2. The lowest BCUT2D eigenvalue weighted by Gasteiger charge is -2.19. The van der Waals surface area contributed by atoms with Gasteiger partial charge in [-0.1, -0.05) is 0 Å². The summed E-state index contributed by atoms with van der Waals surface area (Å²) in [5.41, 5.74) is 11.0. The molecule has 0 bridgehead atoms. The van der Waals surface area contributed by atoms with Crippen LogP contribution in [0.3, 0.4) is 0 Å². The van der Waals surface area contributed by atoms with Crippen molar-refractivity contribution in [2.75, 3.05) is 0 Å². The minimum atomic E-state index is 0.115. The average Bonchev–Trinajstić information content (AvgIpc) is 2.52. The maximum absolute atomic E-state index is 13.3. The molecule has 0 radical (unpaired) electrons. The van der Waals surface area contributed by atoms with E-state index in [2.05, 4.69) is 57.5 Å². The average molecular weight is 373 g/mol. The van der Waals surface area contributed by atoms with Crippen molar-refractivity contribution in [2.24, 2.45) is 0 Å². The highest BCUT2D eigenvalue weighted by Gasteiger charge is 2.22. The molecule has 1 nitrogen and oxygen atoms in total. The van der Waals surface area contributed by atoms with Crippen LogP contribution in [0.15, 0.2) is 10.5 Å². The SMILES string of the molecule is Cc1cc(C(=O)c2c(C)c(C)c(C)c(C)c2Br)c(C)c(C)c1C. The van der Waals surface area contributed by atoms with Gasteiger partial charge < -0.3 is 0 Å². The van der Waals surface area contributed by atoms with Crippen LogP contribution in [-0.2, 0) is 0 Å². The fourth-order valence-corrected chi connectivity index (χ4v) is 3.89. The van der Waals surface area contributed by atoms with Crippen molar-refractivity contribution in [2.45, 2.75) is 55.4 Å². The zero-order chi connectivity index (χ0) is 17.6. The summed E-state index contributed by atoms with van der Waals surface area (Å²) in [4.78, 5) is 13.3. The summed E-state index contributed by atoms with van der Waals surface area (Å²) in [5, 5.41) is 0. The lowest BCUT2D eigenvalue weighted by Crippen LogP contribution is -2.12. The highest BCUT2D eigenvalue weighted by atomic mass is 79.9. The Morgan fingerprint density at radius 2 is 1.17 bits per heavy atom. The molecule has 0 aliphatic carbocycles. The predicted octanol–water partition coefficient (Wildman–Crippen LogP) is 6.15. The van der Waals surface area contributed by atoms with Crippen molar-refractivity contribution in [1.29, 1.82) is 0 Å². The molecule has 0 saturated heterocycles. The highest BCUT2D eigenvalue weighted by Crippen LogP contribution is 2.34. The van der Waals surface area contributed by atoms with Crippen molar-refractivity contribution < 1.29 is 4.79 Å². The molecule has 2 heteroatoms. The fourth-order valence-electron chi connectivity index (χ4n) is 3.12. The first-order valence-electron chi connectivity index (χ1n) is 7.97. The summed E-state index contributed by atoms with van der Waals surface area (Å²) >= 11 is 3.67. The number of halogens is 1. The van der Waals surface area contributed by atoms with Gasteiger partial charge in [-0.15, -0.1) is 0 Å². The fraction of sp³-hybridized carbons (Fsp3) is 0.381. The van der Waals surface area contributed by atoms with Gasteiger partial charge in [-0.05, 0) is 122 Å². The number of hydrogen-bond acceptors (Lipinski definition) is 1. The minimum absolute atomic E-state index is 0.115. The first-order valence-corrected chi connectivity index (χ1v) is 8.76. The Kier molecular flexibility index (Phi) is 4.86. The summed E-state index contributed by atoms with van der Waals surface area (Å²) in [6.07, 6.45) is 0. The van der Waals surface area contributed by atoms with E-state index in [0.717, 1.165) is 32.3 Å². The molecule has 0 saturated carbocycles. The molecule has 0 aliphatic heterocycles. The molecule has 23 heavy (non-hydrogen) atoms. The second-order valence-electron chi connectivity index (χ2n) is 6.63. The van der Waals surface area contributed by atoms with Gasteiger partial charge in [0.2, 0.25) is 0 Å². The third kappa shape index (κ3) is 2.78. The van der Waals surface area contributed by atoms with E-state index < -0.39 is 0 Å². The zero-order valence-electron chi connectivity index (χ0n) is 15.4. The topological polar surface area (TPSA) is 17.1 Å². The molecule has 0 N–H and O–H groups in total. The molecular weight excluding hydrogens is 348 g/mol. The first-order chi connectivity index (χ1) is 10.6. The molecule has 122 valence electrons. The molecule has 0 aromatic heterocycles. The van der Waals surface area contributed by atoms with Crippen LogP contribution in [0.2, 0.25) is 0 Å². The molecule has 0 amide bonds. The summed E-state index contributed by atoms with van der Waals surface area (Å²) in [6.45, 7) is 16.7. The number of aryl methyl sites for hydroxylation is 1. The van der Waals surface area contributed by atoms with Crippen LogP contribution in [-0.4, -0.2) is 5.78 Å². The zero-order valence-corrected chi connectivity index (χ0v) is 16.9. The van der Waals surface area contributed by atoms with E-state index in [1.165, 1.54) is 27.8 Å². The van der Waals surface area contributed by atoms with E-state index in [4.69, 9.17) is 0 Å². The highest BCUT2D eigenvalue weighted by molar-refractivity contribution is 9.10. The first kappa shape index (κ1) is 17.9. The number of carbonyl (C=O) groups is 1. The van der Waals surface area contributed by atoms with Gasteiger partial charge in [0.25, 0.3) is 0 Å². The van der Waals surface area contributed by atoms with Gasteiger partial charge in [0, 0.05) is 15.6 Å². The van der Waals surface area contributed by atoms with Crippen LogP contribution in [0.4, 0.5) is 0 Å². The maximum atomic E-state index is 13.3. The van der Waals surface area contributed by atoms with Crippen LogP contribution in [0.5, 0.6) is 0 Å². The van der Waals surface area contributed by atoms with Crippen LogP contribution in [0.1, 0.15) is 60.4 Å². The van der Waals surface area contributed by atoms with Crippen LogP contribution in [0.25, 0.3) is 0 Å². The molecule has 2 aromatic carbocycles. The lowest BCUT2D eigenvalue weighted by atomic mass is 9.86. The molecule has 2 rings (SSSR count). The smallest absolute Gasteiger partial charge is 0.194 e. The van der Waals surface area contributed by atoms with Crippen molar-refractivity contribution >= 4 is 21.7 Å². The van der Waals surface area contributed by atoms with Gasteiger partial charge >= 0.3 is 0 Å². The molecular formula is C21H25BrO. The number of carbonyl (C=O) groups excluding carboxylic acids is 1. The monoisotopic (exact) mass is 372 g/mol. The van der Waals surface area contributed by atoms with Gasteiger partial charge in [-0.3, -0.25) is 4.79 Å². The maximum Gasteiger partial charge on any atom is 0.194 e. The number of ketones is 1. The Labute approximate surface area is 148 Å². The van der Waals surface area contributed by atoms with Crippen molar-refractivity contribution in [3.63, 3.8) is 0 Å². The summed E-state index contributed by atoms with van der Waals surface area (Å²) in [6, 6.07) is 2.04. The van der Waals surface area contributed by atoms with E-state index in [-0.39, 0.29) is 5.78 Å². The predicted molar refractivity (Wildman–Crippen MR) is 102 cm³/mol. The standard InChI is InChI=1S/C21H25BrO/c1-10-9-18(15(6)12(3)11(10)2)21(23)19-16(7)13(4)14(5)17(8)20(19)22/h9H,1-8H3. The van der Waals surface area contributed by atoms with E-state index >= 15 is 0 Å². The van der Waals surface area contributed by atoms with Crippen LogP contribution in [0, 0.1) is 55.4 Å². The third-order valence-electron chi connectivity index (χ3n) is 5.56. The summed E-state index contributed by atoms with van der Waals surface area (Å²) < 4.78 is 0.929. The van der Waals surface area contributed by atoms with Gasteiger partial charge in [0.05, 0.1) is 0 Å². The molecule has 0 spiro atoms. The van der Waals surface area contributed by atoms with E-state index in [1.54, 1.807) is 0 Å². The van der Waals surface area contributed by atoms with Crippen molar-refractivity contribution in [1.82, 2.24) is 0 Å². The Hall–Kier alpha value is -1.41. The van der Waals surface area contributed by atoms with Crippen LogP contribution < -0.4 is 0 Å². The second kappa shape index (κ2) is 6.24. The summed E-state index contributed by atoms with van der Waals surface area (Å²) in [5.74, 6) is 0.115. The van der Waals surface area contributed by atoms with Gasteiger partial charge in [0.15, 0.2) is 5.78 Å². The molecule has 0 atom stereocenters. The molecule has 0 fully saturated rings. The largest absolute Gasteiger partial charge is 0.289 e. The Morgan fingerprint density at radius 3 is 1.74 bits per heavy atom. The Balaban J connectivity index is 2.78. The molecule has 0 unspecified atom stereocenters. The van der Waals surface area contributed by atoms with E-state index in [1.807, 2.05) is 19.9 Å². The van der Waals surface area contributed by atoms with Gasteiger partial charge in [-0.25, -0.2) is 0 Å². The van der Waals surface area contributed by atoms with Crippen LogP contribution >= 0.6 is 15.9 Å². The normalized spacial score (nSPS) is 11.0. The Morgan fingerprint density at radius 1 is 0.696 bits per heavy atom. The lowest BCUT2D eigenvalue weighted by molar-refractivity contribution is 0.103. The van der Waals surface area contributed by atoms with Crippen molar-refractivity contribution in [3.8, 4) is 0 Å². The quantitative estimate of drug-likeness (QED) is 0.577. The number of rotatable bonds is 2. The molecule has 0 heterocycles. The third-order valence-corrected chi connectivity index (χ3v) is 6.56. The Bertz CT molecular complexity index is 800. The number of hydrogen-bond donors (Lipinski definition) is 0.